The number of benzene rings is 3. The monoisotopic (exact) mass is 665 g/mol. The van der Waals surface area contributed by atoms with Gasteiger partial charge in [-0.2, -0.15) is 0 Å². The molecule has 4 fully saturated rings. The lowest BCUT2D eigenvalue weighted by atomic mass is 9.43. The van der Waals surface area contributed by atoms with Crippen molar-refractivity contribution in [2.75, 3.05) is 11.9 Å². The lowest BCUT2D eigenvalue weighted by molar-refractivity contribution is -0.199. The predicted molar refractivity (Wildman–Crippen MR) is 190 cm³/mol. The molecule has 4 aliphatic rings. The fourth-order valence-electron chi connectivity index (χ4n) is 7.96. The first-order chi connectivity index (χ1) is 23.4. The molecule has 2 bridgehead atoms. The van der Waals surface area contributed by atoms with Crippen LogP contribution in [0.2, 0.25) is 0 Å². The molecule has 49 heavy (non-hydrogen) atoms. The van der Waals surface area contributed by atoms with Gasteiger partial charge in [-0.1, -0.05) is 64.1 Å². The molecule has 3 saturated carbocycles. The minimum atomic E-state index is -0.838. The second-order valence-corrected chi connectivity index (χ2v) is 15.0. The molecule has 9 nitrogen and oxygen atoms in total. The minimum absolute atomic E-state index is 0.0181. The number of para-hydroxylation sites is 2. The van der Waals surface area contributed by atoms with E-state index in [1.54, 1.807) is 36.4 Å². The summed E-state index contributed by atoms with van der Waals surface area (Å²) in [5.74, 6) is 0.744. The van der Waals surface area contributed by atoms with Gasteiger partial charge in [-0.3, -0.25) is 9.59 Å². The highest BCUT2D eigenvalue weighted by Gasteiger charge is 2.68. The molecule has 3 aromatic rings. The van der Waals surface area contributed by atoms with Crippen LogP contribution in [0, 0.1) is 29.1 Å². The average Bonchev–Trinajstić information content (AvgIpc) is 3.44. The van der Waals surface area contributed by atoms with Crippen molar-refractivity contribution in [3.05, 3.63) is 90.5 Å². The summed E-state index contributed by atoms with van der Waals surface area (Å²) in [5.41, 5.74) is 0.861. The zero-order valence-corrected chi connectivity index (χ0v) is 29.1. The first kappa shape index (κ1) is 34.7. The Morgan fingerprint density at radius 2 is 1.55 bits per heavy atom. The van der Waals surface area contributed by atoms with Crippen LogP contribution in [0.3, 0.4) is 0 Å². The number of ether oxygens (including phenoxy) is 1. The fourth-order valence-corrected chi connectivity index (χ4v) is 7.96. The normalized spacial score (nSPS) is 24.6. The van der Waals surface area contributed by atoms with Crippen LogP contribution in [0.5, 0.6) is 11.5 Å². The largest absolute Gasteiger partial charge is 0.481 e. The highest BCUT2D eigenvalue weighted by molar-refractivity contribution is 6.47. The average molecular weight is 666 g/mol. The molecule has 6 atom stereocenters. The van der Waals surface area contributed by atoms with Crippen LogP contribution >= 0.6 is 0 Å². The van der Waals surface area contributed by atoms with Crippen molar-refractivity contribution in [2.24, 2.45) is 29.1 Å². The van der Waals surface area contributed by atoms with Crippen molar-refractivity contribution in [1.29, 1.82) is 0 Å². The Kier molecular flexibility index (Phi) is 10.2. The molecular formula is C39H48BN3O6. The number of nitrogens with one attached hydrogen (secondary N) is 3. The maximum Gasteiger partial charge on any atom is 0.481 e. The van der Waals surface area contributed by atoms with Crippen molar-refractivity contribution in [3.8, 4) is 11.5 Å². The minimum Gasteiger partial charge on any atom is -0.457 e. The Labute approximate surface area is 290 Å². The molecule has 3 aliphatic carbocycles. The molecule has 0 unspecified atom stereocenters. The number of hydrogen-bond acceptors (Lipinski definition) is 6. The van der Waals surface area contributed by atoms with Crippen molar-refractivity contribution in [3.63, 3.8) is 0 Å². The smallest absolute Gasteiger partial charge is 0.457 e. The van der Waals surface area contributed by atoms with Gasteiger partial charge in [-0.25, -0.2) is 4.79 Å². The molecule has 3 aromatic carbocycles. The number of amides is 3. The molecule has 3 amide bonds. The van der Waals surface area contributed by atoms with E-state index < -0.39 is 30.6 Å². The lowest BCUT2D eigenvalue weighted by Gasteiger charge is -2.64. The first-order valence-corrected chi connectivity index (χ1v) is 17.5. The summed E-state index contributed by atoms with van der Waals surface area (Å²) in [5, 5.41) is 8.80. The Morgan fingerprint density at radius 1 is 0.898 bits per heavy atom. The number of anilines is 1. The van der Waals surface area contributed by atoms with E-state index >= 15 is 0 Å². The summed E-state index contributed by atoms with van der Waals surface area (Å²) < 4.78 is 19.2. The van der Waals surface area contributed by atoms with E-state index in [-0.39, 0.29) is 42.1 Å². The number of carbonyl (C=O) groups excluding carboxylic acids is 3. The molecule has 0 radical (unpaired) electrons. The van der Waals surface area contributed by atoms with Crippen LogP contribution < -0.4 is 20.7 Å². The van der Waals surface area contributed by atoms with Gasteiger partial charge in [0.25, 0.3) is 0 Å². The third-order valence-corrected chi connectivity index (χ3v) is 10.8. The van der Waals surface area contributed by atoms with E-state index in [4.69, 9.17) is 14.0 Å². The summed E-state index contributed by atoms with van der Waals surface area (Å²) in [6.45, 7) is 11.0. The standard InChI is InChI=1S/C39H48BN3O6/c1-25(2)20-35(40-48-34-23-28-22-33(38(28,3)4)39(34,5)49-40)43-36(45)27(24-41-37(46)42-29-12-8-6-9-13-29)21-32(44)26-16-18-31(19-17-26)47-30-14-10-7-11-15-30/h6-19,25,27-28,33-35H,20-24H2,1-5H3,(H,43,45)(H2,41,42,46)/t27-,28-,33-,34+,35-,39-/m0/s1. The van der Waals surface area contributed by atoms with Gasteiger partial charge in [0.2, 0.25) is 5.91 Å². The highest BCUT2D eigenvalue weighted by atomic mass is 16.7. The first-order valence-electron chi connectivity index (χ1n) is 17.5. The second kappa shape index (κ2) is 14.4. The van der Waals surface area contributed by atoms with E-state index in [0.29, 0.717) is 41.0 Å². The third-order valence-electron chi connectivity index (χ3n) is 10.8. The SMILES string of the molecule is CC(C)C[C@H](NC(=O)[C@H](CNC(=O)Nc1ccccc1)CC(=O)c1ccc(Oc2ccccc2)cc1)B1O[C@@H]2C[C@@H]3C[C@@H](C3(C)C)[C@]2(C)O1. The molecule has 3 N–H and O–H groups in total. The van der Waals surface area contributed by atoms with Crippen molar-refractivity contribution < 1.29 is 28.4 Å². The van der Waals surface area contributed by atoms with Gasteiger partial charge in [0.1, 0.15) is 11.5 Å². The topological polar surface area (TPSA) is 115 Å². The van der Waals surface area contributed by atoms with Gasteiger partial charge in [0.05, 0.1) is 23.6 Å². The van der Waals surface area contributed by atoms with Crippen LogP contribution in [0.15, 0.2) is 84.9 Å². The van der Waals surface area contributed by atoms with Crippen LogP contribution in [-0.2, 0) is 14.1 Å². The van der Waals surface area contributed by atoms with Crippen molar-refractivity contribution in [2.45, 2.75) is 77.9 Å². The molecule has 0 aromatic heterocycles. The predicted octanol–water partition coefficient (Wildman–Crippen LogP) is 7.29. The molecule has 1 heterocycles. The number of Topliss-reactive ketones (excluding diaryl/α,β-unsaturated/α-hetero) is 1. The number of ketones is 1. The molecule has 0 spiro atoms. The molecule has 258 valence electrons. The maximum absolute atomic E-state index is 14.1. The Morgan fingerprint density at radius 3 is 2.20 bits per heavy atom. The lowest BCUT2D eigenvalue weighted by Crippen LogP contribution is -2.65. The number of carbonyl (C=O) groups is 3. The molecule has 10 heteroatoms. The second-order valence-electron chi connectivity index (χ2n) is 15.0. The van der Waals surface area contributed by atoms with Gasteiger partial charge in [-0.05, 0) is 97.9 Å². The van der Waals surface area contributed by atoms with E-state index in [1.807, 2.05) is 48.5 Å². The zero-order valence-electron chi connectivity index (χ0n) is 29.1. The van der Waals surface area contributed by atoms with Crippen LogP contribution in [0.1, 0.15) is 70.7 Å². The maximum atomic E-state index is 14.1. The van der Waals surface area contributed by atoms with Gasteiger partial charge >= 0.3 is 13.1 Å². The van der Waals surface area contributed by atoms with Gasteiger partial charge in [0, 0.05) is 24.2 Å². The van der Waals surface area contributed by atoms with Crippen molar-refractivity contribution >= 4 is 30.5 Å². The van der Waals surface area contributed by atoms with Gasteiger partial charge in [-0.15, -0.1) is 0 Å². The van der Waals surface area contributed by atoms with E-state index in [0.717, 1.165) is 12.8 Å². The Hall–Kier alpha value is -4.15. The number of urea groups is 1. The van der Waals surface area contributed by atoms with Crippen molar-refractivity contribution in [1.82, 2.24) is 10.6 Å². The fraction of sp³-hybridized carbons (Fsp3) is 0.462. The Balaban J connectivity index is 1.15. The number of rotatable bonds is 13. The molecule has 7 rings (SSSR count). The summed E-state index contributed by atoms with van der Waals surface area (Å²) in [6.07, 6.45) is 2.61. The summed E-state index contributed by atoms with van der Waals surface area (Å²) >= 11 is 0. The molecule has 1 saturated heterocycles. The van der Waals surface area contributed by atoms with Gasteiger partial charge < -0.3 is 30.0 Å². The van der Waals surface area contributed by atoms with E-state index in [1.165, 1.54) is 0 Å². The molecule has 1 aliphatic heterocycles. The van der Waals surface area contributed by atoms with Gasteiger partial charge in [0.15, 0.2) is 5.78 Å². The Bertz CT molecular complexity index is 1620. The highest BCUT2D eigenvalue weighted by Crippen LogP contribution is 2.65. The summed E-state index contributed by atoms with van der Waals surface area (Å²) in [6, 6.07) is 24.9. The van der Waals surface area contributed by atoms with E-state index in [9.17, 15) is 14.4 Å². The quantitative estimate of drug-likeness (QED) is 0.131. The van der Waals surface area contributed by atoms with Crippen LogP contribution in [0.25, 0.3) is 0 Å². The van der Waals surface area contributed by atoms with Crippen LogP contribution in [0.4, 0.5) is 10.5 Å². The molecular weight excluding hydrogens is 617 g/mol. The zero-order chi connectivity index (χ0) is 34.8. The number of hydrogen-bond donors (Lipinski definition) is 3. The summed E-state index contributed by atoms with van der Waals surface area (Å²) in [4.78, 5) is 40.5. The van der Waals surface area contributed by atoms with E-state index in [2.05, 4.69) is 50.6 Å². The summed E-state index contributed by atoms with van der Waals surface area (Å²) in [7, 11) is -0.598. The third kappa shape index (κ3) is 7.71. The van der Waals surface area contributed by atoms with Crippen LogP contribution in [-0.4, -0.2) is 49.0 Å².